The van der Waals surface area contributed by atoms with Gasteiger partial charge in [-0.2, -0.15) is 10.5 Å². The number of rotatable bonds is 7. The Morgan fingerprint density at radius 2 is 1.69 bits per heavy atom. The minimum atomic E-state index is -0.236. The first-order valence-electron chi connectivity index (χ1n) is 14.1. The van der Waals surface area contributed by atoms with Crippen molar-refractivity contribution in [3.8, 4) is 17.9 Å². The number of hydrogen-bond acceptors (Lipinski definition) is 7. The first-order chi connectivity index (χ1) is 20.4. The van der Waals surface area contributed by atoms with Crippen LogP contribution in [0.15, 0.2) is 60.8 Å². The van der Waals surface area contributed by atoms with E-state index in [2.05, 4.69) is 21.3 Å². The smallest absolute Gasteiger partial charge is 0.270 e. The molecule has 0 bridgehead atoms. The van der Waals surface area contributed by atoms with Gasteiger partial charge in [0, 0.05) is 63.9 Å². The maximum absolute atomic E-state index is 13.0. The van der Waals surface area contributed by atoms with Crippen molar-refractivity contribution in [3.63, 3.8) is 0 Å². The Bertz CT molecular complexity index is 1500. The van der Waals surface area contributed by atoms with Crippen LogP contribution in [0, 0.1) is 22.7 Å². The van der Waals surface area contributed by atoms with Gasteiger partial charge in [-0.05, 0) is 54.8 Å². The molecule has 2 aliphatic rings. The maximum atomic E-state index is 13.0. The Morgan fingerprint density at radius 3 is 2.31 bits per heavy atom. The van der Waals surface area contributed by atoms with Gasteiger partial charge in [0.05, 0.1) is 27.8 Å². The van der Waals surface area contributed by atoms with E-state index in [-0.39, 0.29) is 24.0 Å². The first-order valence-corrected chi connectivity index (χ1v) is 14.4. The number of pyridine rings is 1. The van der Waals surface area contributed by atoms with E-state index in [1.807, 2.05) is 30.3 Å². The molecule has 2 fully saturated rings. The van der Waals surface area contributed by atoms with E-state index in [0.29, 0.717) is 59.1 Å². The summed E-state index contributed by atoms with van der Waals surface area (Å²) in [6.45, 7) is 3.64. The van der Waals surface area contributed by atoms with Gasteiger partial charge < -0.3 is 15.0 Å². The number of hydrogen-bond donors (Lipinski definition) is 1. The van der Waals surface area contributed by atoms with Gasteiger partial charge >= 0.3 is 0 Å². The molecule has 42 heavy (non-hydrogen) atoms. The molecular formula is C32H31ClN6O3. The highest BCUT2D eigenvalue weighted by molar-refractivity contribution is 6.31. The van der Waals surface area contributed by atoms with Gasteiger partial charge in [0.15, 0.2) is 0 Å². The zero-order chi connectivity index (χ0) is 29.5. The van der Waals surface area contributed by atoms with Crippen molar-refractivity contribution in [2.24, 2.45) is 0 Å². The van der Waals surface area contributed by atoms with E-state index in [0.717, 1.165) is 32.5 Å². The first kappa shape index (κ1) is 29.1. The maximum Gasteiger partial charge on any atom is 0.270 e. The number of aromatic nitrogens is 1. The summed E-state index contributed by atoms with van der Waals surface area (Å²) in [4.78, 5) is 34.3. The second-order valence-corrected chi connectivity index (χ2v) is 11.0. The van der Waals surface area contributed by atoms with Gasteiger partial charge in [-0.1, -0.05) is 23.7 Å². The molecule has 3 heterocycles. The lowest BCUT2D eigenvalue weighted by molar-refractivity contribution is 0.0594. The standard InChI is InChI=1S/C32H31ClN6O3/c33-29-17-28(7-5-24(29)19-35)42-27-11-15-39(16-12-27)32(41)25-6-8-30(36-20-25)31(40)37-26-9-13-38(14-10-26)21-23-3-1-22(18-34)2-4-23/h1-8,17,20,26-27H,9-16,21H2,(H,37,40). The largest absolute Gasteiger partial charge is 0.490 e. The second-order valence-electron chi connectivity index (χ2n) is 10.6. The molecule has 9 nitrogen and oxygen atoms in total. The third kappa shape index (κ3) is 7.25. The van der Waals surface area contributed by atoms with Crippen molar-refractivity contribution < 1.29 is 14.3 Å². The molecule has 0 aliphatic carbocycles. The highest BCUT2D eigenvalue weighted by Crippen LogP contribution is 2.25. The zero-order valence-electron chi connectivity index (χ0n) is 23.1. The predicted octanol–water partition coefficient (Wildman–Crippen LogP) is 4.56. The molecule has 0 unspecified atom stereocenters. The highest BCUT2D eigenvalue weighted by Gasteiger charge is 2.26. The topological polar surface area (TPSA) is 122 Å². The van der Waals surface area contributed by atoms with E-state index >= 15 is 0 Å². The number of amides is 2. The summed E-state index contributed by atoms with van der Waals surface area (Å²) in [7, 11) is 0. The Kier molecular flexibility index (Phi) is 9.33. The third-order valence-electron chi connectivity index (χ3n) is 7.75. The van der Waals surface area contributed by atoms with Crippen LogP contribution in [0.5, 0.6) is 5.75 Å². The predicted molar refractivity (Wildman–Crippen MR) is 157 cm³/mol. The molecule has 2 aromatic carbocycles. The zero-order valence-corrected chi connectivity index (χ0v) is 23.9. The fourth-order valence-corrected chi connectivity index (χ4v) is 5.52. The molecule has 214 valence electrons. The summed E-state index contributed by atoms with van der Waals surface area (Å²) in [5.74, 6) is 0.250. The number of carbonyl (C=O) groups is 2. The Hall–Kier alpha value is -4.44. The van der Waals surface area contributed by atoms with Gasteiger partial charge in [0.2, 0.25) is 0 Å². The average Bonchev–Trinajstić information content (AvgIpc) is 3.02. The highest BCUT2D eigenvalue weighted by atomic mass is 35.5. The molecule has 2 aliphatic heterocycles. The lowest BCUT2D eigenvalue weighted by Crippen LogP contribution is -2.44. The molecule has 3 aromatic rings. The second kappa shape index (κ2) is 13.5. The summed E-state index contributed by atoms with van der Waals surface area (Å²) in [6, 6.07) is 20.2. The lowest BCUT2D eigenvalue weighted by Gasteiger charge is -2.32. The van der Waals surface area contributed by atoms with Crippen LogP contribution >= 0.6 is 11.6 Å². The molecule has 5 rings (SSSR count). The van der Waals surface area contributed by atoms with Crippen molar-refractivity contribution in [3.05, 3.63) is 93.8 Å². The Balaban J connectivity index is 1.05. The fourth-order valence-electron chi connectivity index (χ4n) is 5.30. The molecule has 2 amide bonds. The molecule has 1 aromatic heterocycles. The van der Waals surface area contributed by atoms with Crippen molar-refractivity contribution in [1.82, 2.24) is 20.1 Å². The van der Waals surface area contributed by atoms with Crippen LogP contribution in [0.2, 0.25) is 5.02 Å². The van der Waals surface area contributed by atoms with Crippen LogP contribution in [-0.4, -0.2) is 64.9 Å². The van der Waals surface area contributed by atoms with Crippen LogP contribution in [-0.2, 0) is 6.54 Å². The number of nitrogens with one attached hydrogen (secondary N) is 1. The molecular weight excluding hydrogens is 552 g/mol. The molecule has 1 N–H and O–H groups in total. The quantitative estimate of drug-likeness (QED) is 0.433. The summed E-state index contributed by atoms with van der Waals surface area (Å²) in [5, 5.41) is 21.4. The molecule has 0 saturated carbocycles. The molecule has 2 saturated heterocycles. The van der Waals surface area contributed by atoms with Crippen LogP contribution in [0.25, 0.3) is 0 Å². The number of halogens is 1. The summed E-state index contributed by atoms with van der Waals surface area (Å²) >= 11 is 6.10. The Morgan fingerprint density at radius 1 is 0.952 bits per heavy atom. The van der Waals surface area contributed by atoms with Crippen LogP contribution in [0.4, 0.5) is 0 Å². The fraction of sp³-hybridized carbons (Fsp3) is 0.344. The number of carbonyl (C=O) groups excluding carboxylic acids is 2. The van der Waals surface area contributed by atoms with Crippen LogP contribution < -0.4 is 10.1 Å². The summed E-state index contributed by atoms with van der Waals surface area (Å²) < 4.78 is 6.01. The van der Waals surface area contributed by atoms with Crippen molar-refractivity contribution in [1.29, 1.82) is 10.5 Å². The van der Waals surface area contributed by atoms with Crippen LogP contribution in [0.1, 0.15) is 63.2 Å². The summed E-state index contributed by atoms with van der Waals surface area (Å²) in [5.41, 5.74) is 2.96. The normalized spacial score (nSPS) is 16.3. The van der Waals surface area contributed by atoms with Crippen molar-refractivity contribution >= 4 is 23.4 Å². The SMILES string of the molecule is N#Cc1ccc(CN2CCC(NC(=O)c3ccc(C(=O)N4CCC(Oc5ccc(C#N)c(Cl)c5)CC4)cn3)CC2)cc1. The minimum Gasteiger partial charge on any atom is -0.490 e. The van der Waals surface area contributed by atoms with E-state index in [1.54, 1.807) is 35.2 Å². The molecule has 0 spiro atoms. The summed E-state index contributed by atoms with van der Waals surface area (Å²) in [6.07, 6.45) is 4.45. The Labute approximate surface area is 250 Å². The van der Waals surface area contributed by atoms with Gasteiger partial charge in [-0.15, -0.1) is 0 Å². The van der Waals surface area contributed by atoms with Gasteiger partial charge in [-0.25, -0.2) is 0 Å². The monoisotopic (exact) mass is 582 g/mol. The number of benzene rings is 2. The minimum absolute atomic E-state index is 0.0508. The van der Waals surface area contributed by atoms with Crippen LogP contribution in [0.3, 0.4) is 0 Å². The van der Waals surface area contributed by atoms with E-state index in [1.165, 1.54) is 11.8 Å². The third-order valence-corrected chi connectivity index (χ3v) is 8.06. The van der Waals surface area contributed by atoms with Gasteiger partial charge in [0.25, 0.3) is 11.8 Å². The number of nitrogens with zero attached hydrogens (tertiary/aromatic N) is 5. The van der Waals surface area contributed by atoms with E-state index in [4.69, 9.17) is 26.9 Å². The molecule has 0 atom stereocenters. The number of likely N-dealkylation sites (tertiary alicyclic amines) is 2. The molecule has 10 heteroatoms. The van der Waals surface area contributed by atoms with Gasteiger partial charge in [-0.3, -0.25) is 19.5 Å². The average molecular weight is 583 g/mol. The molecule has 0 radical (unpaired) electrons. The number of ether oxygens (including phenoxy) is 1. The number of piperidine rings is 2. The van der Waals surface area contributed by atoms with Crippen molar-refractivity contribution in [2.45, 2.75) is 44.4 Å². The number of nitriles is 2. The van der Waals surface area contributed by atoms with E-state index < -0.39 is 0 Å². The lowest BCUT2D eigenvalue weighted by atomic mass is 10.0. The van der Waals surface area contributed by atoms with Crippen molar-refractivity contribution in [2.75, 3.05) is 26.2 Å². The van der Waals surface area contributed by atoms with Gasteiger partial charge in [0.1, 0.15) is 23.6 Å². The van der Waals surface area contributed by atoms with E-state index in [9.17, 15) is 9.59 Å².